The van der Waals surface area contributed by atoms with Crippen LogP contribution in [-0.2, 0) is 9.59 Å². The molecule has 1 fully saturated rings. The molecule has 0 N–H and O–H groups in total. The average molecular weight is 470 g/mol. The SMILES string of the molecule is COc1cc(C=C2C(=O)N(c3ccccc3)C(=S)N(c3ccccc3)C2=O)ccc1OCC#N. The predicted octanol–water partition coefficient (Wildman–Crippen LogP) is 4.35. The predicted molar refractivity (Wildman–Crippen MR) is 133 cm³/mol. The van der Waals surface area contributed by atoms with E-state index in [1.54, 1.807) is 66.7 Å². The molecule has 1 aliphatic rings. The van der Waals surface area contributed by atoms with Gasteiger partial charge in [-0.25, -0.2) is 0 Å². The van der Waals surface area contributed by atoms with Crippen molar-refractivity contribution in [3.05, 3.63) is 90.0 Å². The van der Waals surface area contributed by atoms with Gasteiger partial charge in [0.15, 0.2) is 23.2 Å². The van der Waals surface area contributed by atoms with E-state index in [0.717, 1.165) is 0 Å². The fraction of sp³-hybridized carbons (Fsp3) is 0.0769. The summed E-state index contributed by atoms with van der Waals surface area (Å²) in [5, 5.41) is 8.83. The number of para-hydroxylation sites is 2. The maximum atomic E-state index is 13.5. The van der Waals surface area contributed by atoms with Crippen molar-refractivity contribution in [2.24, 2.45) is 0 Å². The summed E-state index contributed by atoms with van der Waals surface area (Å²) >= 11 is 5.60. The fourth-order valence-electron chi connectivity index (χ4n) is 3.51. The molecule has 0 saturated carbocycles. The number of hydrogen-bond donors (Lipinski definition) is 0. The summed E-state index contributed by atoms with van der Waals surface area (Å²) in [6.45, 7) is -0.136. The zero-order valence-corrected chi connectivity index (χ0v) is 19.0. The lowest BCUT2D eigenvalue weighted by Gasteiger charge is -2.36. The molecule has 3 aromatic rings. The van der Waals surface area contributed by atoms with Gasteiger partial charge >= 0.3 is 0 Å². The first-order chi connectivity index (χ1) is 16.5. The van der Waals surface area contributed by atoms with Crippen molar-refractivity contribution in [1.29, 1.82) is 5.26 Å². The summed E-state index contributed by atoms with van der Waals surface area (Å²) in [4.78, 5) is 29.7. The van der Waals surface area contributed by atoms with Crippen LogP contribution in [0.5, 0.6) is 11.5 Å². The van der Waals surface area contributed by atoms with Gasteiger partial charge in [-0.1, -0.05) is 42.5 Å². The number of benzene rings is 3. The summed E-state index contributed by atoms with van der Waals surface area (Å²) in [6, 6.07) is 24.7. The van der Waals surface area contributed by atoms with E-state index in [9.17, 15) is 9.59 Å². The first kappa shape index (κ1) is 22.7. The van der Waals surface area contributed by atoms with Crippen molar-refractivity contribution in [3.63, 3.8) is 0 Å². The van der Waals surface area contributed by atoms with E-state index < -0.39 is 11.8 Å². The van der Waals surface area contributed by atoms with Gasteiger partial charge in [-0.15, -0.1) is 0 Å². The summed E-state index contributed by atoms with van der Waals surface area (Å²) in [6.07, 6.45) is 1.49. The average Bonchev–Trinajstić information content (AvgIpc) is 2.87. The van der Waals surface area contributed by atoms with Crippen molar-refractivity contribution in [3.8, 4) is 17.6 Å². The van der Waals surface area contributed by atoms with Crippen LogP contribution in [0.1, 0.15) is 5.56 Å². The van der Waals surface area contributed by atoms with E-state index in [1.807, 2.05) is 18.2 Å². The maximum Gasteiger partial charge on any atom is 0.270 e. The lowest BCUT2D eigenvalue weighted by atomic mass is 10.0. The minimum Gasteiger partial charge on any atom is -0.493 e. The number of thiocarbonyl (C=S) groups is 1. The number of methoxy groups -OCH3 is 1. The molecular weight excluding hydrogens is 450 g/mol. The number of carbonyl (C=O) groups is 2. The lowest BCUT2D eigenvalue weighted by Crippen LogP contribution is -2.56. The van der Waals surface area contributed by atoms with Gasteiger partial charge in [-0.2, -0.15) is 5.26 Å². The Morgan fingerprint density at radius 3 is 1.94 bits per heavy atom. The Morgan fingerprint density at radius 2 is 1.44 bits per heavy atom. The Morgan fingerprint density at radius 1 is 0.882 bits per heavy atom. The fourth-order valence-corrected chi connectivity index (χ4v) is 3.89. The zero-order chi connectivity index (χ0) is 24.1. The van der Waals surface area contributed by atoms with Crippen molar-refractivity contribution >= 4 is 46.6 Å². The molecule has 0 bridgehead atoms. The van der Waals surface area contributed by atoms with Crippen LogP contribution >= 0.6 is 12.2 Å². The molecule has 1 aliphatic heterocycles. The molecule has 4 rings (SSSR count). The van der Waals surface area contributed by atoms with Crippen LogP contribution in [0.25, 0.3) is 6.08 Å². The van der Waals surface area contributed by atoms with Crippen LogP contribution in [0.15, 0.2) is 84.4 Å². The normalized spacial score (nSPS) is 13.5. The molecule has 8 heteroatoms. The highest BCUT2D eigenvalue weighted by molar-refractivity contribution is 7.81. The molecule has 0 spiro atoms. The summed E-state index contributed by atoms with van der Waals surface area (Å²) in [5.41, 5.74) is 1.59. The second-order valence-corrected chi connectivity index (χ2v) is 7.52. The molecule has 1 saturated heterocycles. The third-order valence-electron chi connectivity index (χ3n) is 5.07. The minimum atomic E-state index is -0.530. The lowest BCUT2D eigenvalue weighted by molar-refractivity contribution is -0.120. The van der Waals surface area contributed by atoms with Crippen molar-refractivity contribution in [2.45, 2.75) is 0 Å². The number of carbonyl (C=O) groups excluding carboxylic acids is 2. The summed E-state index contributed by atoms with van der Waals surface area (Å²) < 4.78 is 10.7. The highest BCUT2D eigenvalue weighted by Crippen LogP contribution is 2.32. The Labute approximate surface area is 202 Å². The van der Waals surface area contributed by atoms with Crippen LogP contribution in [0.2, 0.25) is 0 Å². The van der Waals surface area contributed by atoms with E-state index in [4.69, 9.17) is 27.0 Å². The van der Waals surface area contributed by atoms with Crippen LogP contribution in [0.4, 0.5) is 11.4 Å². The number of anilines is 2. The number of nitrogens with zero attached hydrogens (tertiary/aromatic N) is 3. The second kappa shape index (κ2) is 9.98. The van der Waals surface area contributed by atoms with E-state index in [0.29, 0.717) is 28.4 Å². The van der Waals surface area contributed by atoms with E-state index >= 15 is 0 Å². The van der Waals surface area contributed by atoms with Gasteiger partial charge in [0.25, 0.3) is 11.8 Å². The van der Waals surface area contributed by atoms with Crippen molar-refractivity contribution in [1.82, 2.24) is 0 Å². The monoisotopic (exact) mass is 469 g/mol. The van der Waals surface area contributed by atoms with Crippen molar-refractivity contribution in [2.75, 3.05) is 23.5 Å². The van der Waals surface area contributed by atoms with Crippen LogP contribution in [0.3, 0.4) is 0 Å². The number of hydrogen-bond acceptors (Lipinski definition) is 6. The zero-order valence-electron chi connectivity index (χ0n) is 18.2. The number of ether oxygens (including phenoxy) is 2. The van der Waals surface area contributed by atoms with Crippen LogP contribution in [-0.4, -0.2) is 30.6 Å². The van der Waals surface area contributed by atoms with E-state index in [2.05, 4.69) is 0 Å². The van der Waals surface area contributed by atoms with E-state index in [-0.39, 0.29) is 17.3 Å². The van der Waals surface area contributed by atoms with Gasteiger partial charge in [-0.05, 0) is 60.3 Å². The third-order valence-corrected chi connectivity index (χ3v) is 5.43. The molecule has 1 heterocycles. The highest BCUT2D eigenvalue weighted by Gasteiger charge is 2.41. The largest absolute Gasteiger partial charge is 0.493 e. The minimum absolute atomic E-state index is 0.0611. The Balaban J connectivity index is 1.81. The quantitative estimate of drug-likeness (QED) is 0.303. The summed E-state index contributed by atoms with van der Waals surface area (Å²) in [5.74, 6) is -0.310. The van der Waals surface area contributed by atoms with E-state index in [1.165, 1.54) is 23.0 Å². The molecule has 0 aromatic heterocycles. The molecular formula is C26H19N3O4S. The third kappa shape index (κ3) is 4.37. The van der Waals surface area contributed by atoms with Gasteiger partial charge in [-0.3, -0.25) is 19.4 Å². The molecule has 0 unspecified atom stereocenters. The Hall–Kier alpha value is -4.48. The van der Waals surface area contributed by atoms with Gasteiger partial charge in [0.2, 0.25) is 0 Å². The molecule has 2 amide bonds. The molecule has 34 heavy (non-hydrogen) atoms. The van der Waals surface area contributed by atoms with Gasteiger partial charge < -0.3 is 9.47 Å². The standard InChI is InChI=1S/C26H19N3O4S/c1-32-23-17-18(12-13-22(23)33-15-14-27)16-21-24(30)28(19-8-4-2-5-9-19)26(34)29(25(21)31)20-10-6-3-7-11-20/h2-13,16-17H,15H2,1H3. The molecule has 0 atom stereocenters. The van der Waals surface area contributed by atoms with Crippen molar-refractivity contribution < 1.29 is 19.1 Å². The van der Waals surface area contributed by atoms with Gasteiger partial charge in [0.1, 0.15) is 11.6 Å². The topological polar surface area (TPSA) is 82.9 Å². The van der Waals surface area contributed by atoms with Crippen LogP contribution < -0.4 is 19.3 Å². The van der Waals surface area contributed by atoms with Gasteiger partial charge in [0, 0.05) is 0 Å². The molecule has 3 aromatic carbocycles. The molecule has 7 nitrogen and oxygen atoms in total. The number of rotatable bonds is 6. The highest BCUT2D eigenvalue weighted by atomic mass is 32.1. The summed E-state index contributed by atoms with van der Waals surface area (Å²) in [7, 11) is 1.47. The van der Waals surface area contributed by atoms with Gasteiger partial charge in [0.05, 0.1) is 18.5 Å². The second-order valence-electron chi connectivity index (χ2n) is 7.15. The molecule has 0 aliphatic carbocycles. The molecule has 168 valence electrons. The smallest absolute Gasteiger partial charge is 0.270 e. The Kier molecular flexibility index (Phi) is 6.67. The first-order valence-electron chi connectivity index (χ1n) is 10.3. The first-order valence-corrected chi connectivity index (χ1v) is 10.7. The molecule has 0 radical (unpaired) electrons. The number of nitriles is 1. The van der Waals surface area contributed by atoms with Crippen LogP contribution in [0, 0.1) is 11.3 Å². The maximum absolute atomic E-state index is 13.5. The number of amides is 2. The Bertz CT molecular complexity index is 1250.